The van der Waals surface area contributed by atoms with Gasteiger partial charge in [0.15, 0.2) is 23.2 Å². The van der Waals surface area contributed by atoms with Gasteiger partial charge in [0.2, 0.25) is 0 Å². The summed E-state index contributed by atoms with van der Waals surface area (Å²) in [6, 6.07) is 7.82. The molecule has 0 amide bonds. The molecule has 0 radical (unpaired) electrons. The monoisotopic (exact) mass is 622 g/mol. The topological polar surface area (TPSA) is 85.7 Å². The molecule has 2 aliphatic carbocycles. The molecule has 2 aromatic heterocycles. The predicted octanol–water partition coefficient (Wildman–Crippen LogP) is 10.5. The maximum absolute atomic E-state index is 13.2. The van der Waals surface area contributed by atoms with Crippen LogP contribution in [-0.2, 0) is 0 Å². The third-order valence-electron chi connectivity index (χ3n) is 10.6. The number of ketones is 2. The van der Waals surface area contributed by atoms with Crippen LogP contribution in [0.4, 0.5) is 0 Å². The molecule has 0 unspecified atom stereocenters. The van der Waals surface area contributed by atoms with Crippen LogP contribution in [-0.4, -0.2) is 31.5 Å². The summed E-state index contributed by atoms with van der Waals surface area (Å²) in [5.74, 6) is 3.34. The zero-order valence-electron chi connectivity index (χ0n) is 28.3. The number of unbranched alkanes of at least 4 members (excludes halogenated alkanes) is 6. The highest BCUT2D eigenvalue weighted by molar-refractivity contribution is 5.98. The minimum absolute atomic E-state index is 0.0995. The average molecular weight is 623 g/mol. The summed E-state index contributed by atoms with van der Waals surface area (Å²) < 4.78 is 0. The smallest absolute Gasteiger partial charge is 0.169 e. The maximum atomic E-state index is 13.2. The number of Topliss-reactive ketones (excluding diaryl/α,β-unsaturated/α-hetero) is 2. The Morgan fingerprint density at radius 1 is 0.522 bits per heavy atom. The van der Waals surface area contributed by atoms with Crippen LogP contribution >= 0.6 is 0 Å². The number of hydrogen-bond acceptors (Lipinski definition) is 6. The highest BCUT2D eigenvalue weighted by atomic mass is 16.1. The Morgan fingerprint density at radius 3 is 1.20 bits per heavy atom. The Hall–Kier alpha value is -3.28. The van der Waals surface area contributed by atoms with E-state index in [4.69, 9.17) is 0 Å². The second-order valence-corrected chi connectivity index (χ2v) is 14.0. The first-order chi connectivity index (χ1) is 22.6. The Kier molecular flexibility index (Phi) is 13.0. The van der Waals surface area contributed by atoms with E-state index in [1.165, 1.54) is 64.2 Å². The lowest BCUT2D eigenvalue weighted by atomic mass is 9.77. The normalized spacial score (nSPS) is 21.6. The van der Waals surface area contributed by atoms with Crippen molar-refractivity contribution in [3.8, 4) is 22.8 Å². The first kappa shape index (κ1) is 34.1. The summed E-state index contributed by atoms with van der Waals surface area (Å²) in [6.45, 7) is 4.51. The number of aromatic nitrogens is 4. The number of nitrogens with zero attached hydrogens (tertiary/aromatic N) is 4. The van der Waals surface area contributed by atoms with Crippen molar-refractivity contribution in [1.29, 1.82) is 0 Å². The van der Waals surface area contributed by atoms with E-state index < -0.39 is 0 Å². The highest BCUT2D eigenvalue weighted by Crippen LogP contribution is 2.35. The molecule has 5 rings (SSSR count). The predicted molar refractivity (Wildman–Crippen MR) is 186 cm³/mol. The average Bonchev–Trinajstić information content (AvgIpc) is 3.12. The van der Waals surface area contributed by atoms with Crippen molar-refractivity contribution in [3.63, 3.8) is 0 Å². The van der Waals surface area contributed by atoms with E-state index in [9.17, 15) is 9.59 Å². The van der Waals surface area contributed by atoms with Gasteiger partial charge < -0.3 is 0 Å². The van der Waals surface area contributed by atoms with Gasteiger partial charge in [-0.1, -0.05) is 102 Å². The van der Waals surface area contributed by atoms with Crippen LogP contribution < -0.4 is 0 Å². The molecule has 2 aliphatic rings. The lowest BCUT2D eigenvalue weighted by Gasteiger charge is -2.27. The second-order valence-electron chi connectivity index (χ2n) is 14.0. The van der Waals surface area contributed by atoms with Crippen molar-refractivity contribution in [2.24, 2.45) is 23.7 Å². The molecule has 2 fully saturated rings. The Labute approximate surface area is 276 Å². The van der Waals surface area contributed by atoms with Gasteiger partial charge in [0.25, 0.3) is 0 Å². The minimum Gasteiger partial charge on any atom is -0.294 e. The number of benzene rings is 1. The fraction of sp³-hybridized carbons (Fsp3) is 0.600. The summed E-state index contributed by atoms with van der Waals surface area (Å²) in [4.78, 5) is 44.5. The van der Waals surface area contributed by atoms with Crippen molar-refractivity contribution in [1.82, 2.24) is 19.9 Å². The van der Waals surface area contributed by atoms with Gasteiger partial charge in [-0.3, -0.25) is 9.59 Å². The lowest BCUT2D eigenvalue weighted by Crippen LogP contribution is -2.22. The SMILES string of the molecule is CCCCCCC1CCC(C(=O)c2cnc(-c3ccc(-c4ncc(C(=O)C5CCC(CCCCCC)CC5)cn4)cc3)nc2)CC1. The highest BCUT2D eigenvalue weighted by Gasteiger charge is 2.28. The summed E-state index contributed by atoms with van der Waals surface area (Å²) >= 11 is 0. The molecule has 246 valence electrons. The van der Waals surface area contributed by atoms with Gasteiger partial charge in [-0.15, -0.1) is 0 Å². The number of carbonyl (C=O) groups excluding carboxylic acids is 2. The van der Waals surface area contributed by atoms with Crippen molar-refractivity contribution >= 4 is 11.6 Å². The van der Waals surface area contributed by atoms with Gasteiger partial charge in [0.1, 0.15) is 0 Å². The van der Waals surface area contributed by atoms with Crippen LogP contribution in [0.5, 0.6) is 0 Å². The van der Waals surface area contributed by atoms with E-state index in [-0.39, 0.29) is 23.4 Å². The molecule has 1 aromatic carbocycles. The number of hydrogen-bond donors (Lipinski definition) is 0. The number of rotatable bonds is 16. The van der Waals surface area contributed by atoms with Crippen molar-refractivity contribution < 1.29 is 9.59 Å². The molecule has 6 heteroatoms. The van der Waals surface area contributed by atoms with Crippen molar-refractivity contribution in [2.45, 2.75) is 129 Å². The largest absolute Gasteiger partial charge is 0.294 e. The van der Waals surface area contributed by atoms with Crippen LogP contribution in [0, 0.1) is 23.7 Å². The van der Waals surface area contributed by atoms with Crippen LogP contribution in [0.3, 0.4) is 0 Å². The van der Waals surface area contributed by atoms with Gasteiger partial charge in [-0.2, -0.15) is 0 Å². The van der Waals surface area contributed by atoms with E-state index in [1.807, 2.05) is 24.3 Å². The van der Waals surface area contributed by atoms with Crippen molar-refractivity contribution in [3.05, 3.63) is 60.2 Å². The molecule has 0 aliphatic heterocycles. The molecular weight excluding hydrogens is 568 g/mol. The van der Waals surface area contributed by atoms with Gasteiger partial charge in [0, 0.05) is 47.8 Å². The zero-order valence-corrected chi connectivity index (χ0v) is 28.3. The summed E-state index contributed by atoms with van der Waals surface area (Å²) in [7, 11) is 0. The fourth-order valence-corrected chi connectivity index (χ4v) is 7.59. The fourth-order valence-electron chi connectivity index (χ4n) is 7.59. The molecule has 2 heterocycles. The molecule has 0 spiro atoms. The Balaban J connectivity index is 1.09. The molecule has 0 bridgehead atoms. The molecule has 0 atom stereocenters. The molecule has 0 saturated heterocycles. The lowest BCUT2D eigenvalue weighted by molar-refractivity contribution is 0.0861. The summed E-state index contributed by atoms with van der Waals surface area (Å²) in [5, 5.41) is 0. The van der Waals surface area contributed by atoms with Crippen molar-refractivity contribution in [2.75, 3.05) is 0 Å². The molecule has 6 nitrogen and oxygen atoms in total. The molecule has 0 N–H and O–H groups in total. The van der Waals surface area contributed by atoms with Gasteiger partial charge >= 0.3 is 0 Å². The van der Waals surface area contributed by atoms with Gasteiger partial charge in [0.05, 0.1) is 11.1 Å². The maximum Gasteiger partial charge on any atom is 0.169 e. The Morgan fingerprint density at radius 2 is 0.870 bits per heavy atom. The summed E-state index contributed by atoms with van der Waals surface area (Å²) in [5.41, 5.74) is 2.98. The third-order valence-corrected chi connectivity index (χ3v) is 10.6. The molecule has 2 saturated carbocycles. The van der Waals surface area contributed by atoms with Crippen LogP contribution in [0.2, 0.25) is 0 Å². The zero-order chi connectivity index (χ0) is 32.1. The Bertz CT molecular complexity index is 1250. The minimum atomic E-state index is 0.0995. The van der Waals surface area contributed by atoms with E-state index in [2.05, 4.69) is 33.8 Å². The van der Waals surface area contributed by atoms with Crippen LogP contribution in [0.1, 0.15) is 150 Å². The molecule has 46 heavy (non-hydrogen) atoms. The van der Waals surface area contributed by atoms with Gasteiger partial charge in [-0.05, 0) is 63.2 Å². The molecular formula is C40H54N4O2. The molecule has 3 aromatic rings. The van der Waals surface area contributed by atoms with E-state index in [0.717, 1.165) is 74.3 Å². The standard InChI is InChI=1S/C40H54N4O2/c1-3-5-7-9-11-29-13-17-31(18-14-29)37(45)35-25-41-39(42-26-35)33-21-23-34(24-22-33)40-43-27-36(28-44-40)38(46)32-19-15-30(16-20-32)12-10-8-6-4-2/h21-32H,3-20H2,1-2H3. The first-order valence-corrected chi connectivity index (χ1v) is 18.4. The van der Waals surface area contributed by atoms with E-state index in [1.54, 1.807) is 24.8 Å². The first-order valence-electron chi connectivity index (χ1n) is 18.4. The van der Waals surface area contributed by atoms with Crippen LogP contribution in [0.15, 0.2) is 49.1 Å². The van der Waals surface area contributed by atoms with E-state index in [0.29, 0.717) is 22.8 Å². The third kappa shape index (κ3) is 9.39. The van der Waals surface area contributed by atoms with Gasteiger partial charge in [-0.25, -0.2) is 19.9 Å². The number of carbonyl (C=O) groups is 2. The van der Waals surface area contributed by atoms with E-state index >= 15 is 0 Å². The van der Waals surface area contributed by atoms with Crippen LogP contribution in [0.25, 0.3) is 22.8 Å². The second kappa shape index (κ2) is 17.6. The quantitative estimate of drug-likeness (QED) is 0.117. The summed E-state index contributed by atoms with van der Waals surface area (Å²) in [6.07, 6.45) is 28.5.